The van der Waals surface area contributed by atoms with Crippen LogP contribution in [0.2, 0.25) is 0 Å². The second-order valence-corrected chi connectivity index (χ2v) is 8.60. The highest BCUT2D eigenvalue weighted by atomic mass is 16.5. The van der Waals surface area contributed by atoms with Crippen molar-refractivity contribution in [3.63, 3.8) is 0 Å². The molecule has 9 nitrogen and oxygen atoms in total. The van der Waals surface area contributed by atoms with Gasteiger partial charge in [0.05, 0.1) is 24.3 Å². The Balaban J connectivity index is 1.30. The summed E-state index contributed by atoms with van der Waals surface area (Å²) in [5, 5.41) is 18.0. The van der Waals surface area contributed by atoms with Gasteiger partial charge in [0.15, 0.2) is 12.4 Å². The fourth-order valence-electron chi connectivity index (χ4n) is 4.89. The molecule has 3 aromatic rings. The van der Waals surface area contributed by atoms with E-state index < -0.39 is 5.41 Å². The number of aromatic nitrogens is 3. The smallest absolute Gasteiger partial charge is 0.254 e. The van der Waals surface area contributed by atoms with Gasteiger partial charge in [0.1, 0.15) is 5.75 Å². The zero-order chi connectivity index (χ0) is 23.0. The van der Waals surface area contributed by atoms with Gasteiger partial charge in [0, 0.05) is 60.8 Å². The van der Waals surface area contributed by atoms with Gasteiger partial charge < -0.3 is 19.7 Å². The molecule has 4 heterocycles. The molecule has 0 atom stereocenters. The van der Waals surface area contributed by atoms with Crippen LogP contribution >= 0.6 is 0 Å². The van der Waals surface area contributed by atoms with Crippen molar-refractivity contribution in [2.75, 3.05) is 31.6 Å². The van der Waals surface area contributed by atoms with Crippen LogP contribution in [0, 0.1) is 10.6 Å². The second kappa shape index (κ2) is 8.23. The van der Waals surface area contributed by atoms with E-state index in [-0.39, 0.29) is 11.8 Å². The van der Waals surface area contributed by atoms with Crippen LogP contribution in [0.5, 0.6) is 5.75 Å². The summed E-state index contributed by atoms with van der Waals surface area (Å²) >= 11 is 0. The molecule has 170 valence electrons. The predicted molar refractivity (Wildman–Crippen MR) is 121 cm³/mol. The summed E-state index contributed by atoms with van der Waals surface area (Å²) in [6, 6.07) is 8.85. The highest BCUT2D eigenvalue weighted by Gasteiger charge is 2.49. The molecule has 9 heteroatoms. The van der Waals surface area contributed by atoms with Crippen molar-refractivity contribution in [3.05, 3.63) is 65.9 Å². The van der Waals surface area contributed by atoms with Crippen LogP contribution in [-0.2, 0) is 4.79 Å². The third-order valence-electron chi connectivity index (χ3n) is 6.88. The van der Waals surface area contributed by atoms with E-state index in [9.17, 15) is 14.8 Å². The Morgan fingerprint density at radius 1 is 1.15 bits per heavy atom. The molecule has 5 rings (SSSR count). The number of nitrogens with zero attached hydrogens (tertiary/aromatic N) is 4. The van der Waals surface area contributed by atoms with E-state index >= 15 is 0 Å². The summed E-state index contributed by atoms with van der Waals surface area (Å²) in [4.78, 5) is 29.9. The number of amides is 2. The van der Waals surface area contributed by atoms with Gasteiger partial charge in [-0.3, -0.25) is 14.7 Å². The van der Waals surface area contributed by atoms with Crippen LogP contribution in [0.25, 0.3) is 11.1 Å². The number of aromatic amines is 1. The first-order chi connectivity index (χ1) is 16.0. The van der Waals surface area contributed by atoms with Crippen molar-refractivity contribution in [2.24, 2.45) is 5.41 Å². The fourth-order valence-corrected chi connectivity index (χ4v) is 4.89. The Kier molecular flexibility index (Phi) is 5.24. The number of rotatable bonds is 4. The predicted octanol–water partition coefficient (Wildman–Crippen LogP) is 2.38. The Hall–Kier alpha value is -3.88. The average Bonchev–Trinajstić information content (AvgIpc) is 3.49. The maximum Gasteiger partial charge on any atom is 0.254 e. The standard InChI is InChI=1S/C24H25N5O4/c1-33-21-14-19(2-3-20(21)18-15-25-26-16-18)29-13-8-24(23(29)31)6-11-27(12-7-24)22(30)17-4-9-28(32)10-5-17/h2-5,9-10,14-16H,6-8,11-13H2,1H3,(H,25,26). The molecule has 2 aliphatic heterocycles. The molecule has 0 unspecified atom stereocenters. The van der Waals surface area contributed by atoms with E-state index in [1.54, 1.807) is 24.4 Å². The van der Waals surface area contributed by atoms with E-state index in [1.807, 2.05) is 23.1 Å². The summed E-state index contributed by atoms with van der Waals surface area (Å²) in [7, 11) is 1.62. The molecule has 2 aromatic heterocycles. The molecule has 1 N–H and O–H groups in total. The number of anilines is 1. The lowest BCUT2D eigenvalue weighted by Gasteiger charge is -2.38. The van der Waals surface area contributed by atoms with Crippen molar-refractivity contribution < 1.29 is 19.1 Å². The van der Waals surface area contributed by atoms with Gasteiger partial charge in [0.25, 0.3) is 5.91 Å². The van der Waals surface area contributed by atoms with Gasteiger partial charge in [-0.05, 0) is 31.4 Å². The number of pyridine rings is 1. The fraction of sp³-hybridized carbons (Fsp3) is 0.333. The number of ether oxygens (including phenoxy) is 1. The number of carbonyl (C=O) groups excluding carboxylic acids is 2. The van der Waals surface area contributed by atoms with E-state index in [0.29, 0.717) is 48.5 Å². The molecule has 0 bridgehead atoms. The van der Waals surface area contributed by atoms with Crippen LogP contribution in [0.1, 0.15) is 29.6 Å². The zero-order valence-corrected chi connectivity index (χ0v) is 18.4. The largest absolute Gasteiger partial charge is 0.619 e. The third-order valence-corrected chi connectivity index (χ3v) is 6.88. The summed E-state index contributed by atoms with van der Waals surface area (Å²) < 4.78 is 6.24. The molecule has 2 saturated heterocycles. The van der Waals surface area contributed by atoms with Crippen molar-refractivity contribution in [2.45, 2.75) is 19.3 Å². The maximum absolute atomic E-state index is 13.5. The Morgan fingerprint density at radius 3 is 2.55 bits per heavy atom. The highest BCUT2D eigenvalue weighted by molar-refractivity contribution is 6.01. The number of benzene rings is 1. The molecular formula is C24H25N5O4. The number of carbonyl (C=O) groups is 2. The quantitative estimate of drug-likeness (QED) is 0.488. The molecule has 0 saturated carbocycles. The minimum Gasteiger partial charge on any atom is -0.619 e. The second-order valence-electron chi connectivity index (χ2n) is 8.60. The minimum atomic E-state index is -0.442. The monoisotopic (exact) mass is 447 g/mol. The van der Waals surface area contributed by atoms with Gasteiger partial charge in [-0.15, -0.1) is 0 Å². The Bertz CT molecular complexity index is 1170. The molecule has 1 spiro atoms. The van der Waals surface area contributed by atoms with Crippen molar-refractivity contribution in [3.8, 4) is 16.9 Å². The zero-order valence-electron chi connectivity index (χ0n) is 18.4. The molecule has 33 heavy (non-hydrogen) atoms. The Morgan fingerprint density at radius 2 is 1.88 bits per heavy atom. The topological polar surface area (TPSA) is 105 Å². The van der Waals surface area contributed by atoms with Gasteiger partial charge in [-0.2, -0.15) is 9.83 Å². The lowest BCUT2D eigenvalue weighted by atomic mass is 9.77. The van der Waals surface area contributed by atoms with E-state index in [1.165, 1.54) is 24.5 Å². The third kappa shape index (κ3) is 3.69. The van der Waals surface area contributed by atoms with Crippen LogP contribution < -0.4 is 14.4 Å². The summed E-state index contributed by atoms with van der Waals surface area (Å²) in [5.41, 5.74) is 2.69. The molecule has 0 radical (unpaired) electrons. The number of likely N-dealkylation sites (tertiary alicyclic amines) is 1. The number of H-pyrrole nitrogens is 1. The molecule has 2 aliphatic rings. The first kappa shape index (κ1) is 21.0. The van der Waals surface area contributed by atoms with Crippen LogP contribution in [0.15, 0.2) is 55.1 Å². The number of hydrogen-bond donors (Lipinski definition) is 1. The molecule has 2 amide bonds. The summed E-state index contributed by atoms with van der Waals surface area (Å²) in [5.74, 6) is 0.692. The highest BCUT2D eigenvalue weighted by Crippen LogP contribution is 2.44. The normalized spacial score (nSPS) is 17.5. The number of piperidine rings is 1. The van der Waals surface area contributed by atoms with Crippen LogP contribution in [0.4, 0.5) is 5.69 Å². The lowest BCUT2D eigenvalue weighted by molar-refractivity contribution is -0.605. The van der Waals surface area contributed by atoms with E-state index in [4.69, 9.17) is 4.74 Å². The molecule has 1 aromatic carbocycles. The van der Waals surface area contributed by atoms with Crippen molar-refractivity contribution in [1.82, 2.24) is 15.1 Å². The molecule has 2 fully saturated rings. The van der Waals surface area contributed by atoms with E-state index in [0.717, 1.165) is 23.2 Å². The molecule has 0 aliphatic carbocycles. The van der Waals surface area contributed by atoms with E-state index in [2.05, 4.69) is 10.2 Å². The van der Waals surface area contributed by atoms with Gasteiger partial charge in [0.2, 0.25) is 5.91 Å². The maximum atomic E-state index is 13.5. The van der Waals surface area contributed by atoms with Gasteiger partial charge in [-0.25, -0.2) is 0 Å². The van der Waals surface area contributed by atoms with Crippen LogP contribution in [0.3, 0.4) is 0 Å². The van der Waals surface area contributed by atoms with Gasteiger partial charge in [-0.1, -0.05) is 0 Å². The first-order valence-electron chi connectivity index (χ1n) is 11.0. The summed E-state index contributed by atoms with van der Waals surface area (Å²) in [6.45, 7) is 1.68. The number of hydrogen-bond acceptors (Lipinski definition) is 5. The SMILES string of the molecule is COc1cc(N2CCC3(CCN(C(=O)c4cc[n+]([O-])cc4)CC3)C2=O)ccc1-c1cn[nH]c1. The minimum absolute atomic E-state index is 0.104. The van der Waals surface area contributed by atoms with Crippen LogP contribution in [-0.4, -0.2) is 53.7 Å². The number of methoxy groups -OCH3 is 1. The number of nitrogens with one attached hydrogen (secondary N) is 1. The lowest BCUT2D eigenvalue weighted by Crippen LogP contribution is -2.46. The van der Waals surface area contributed by atoms with Crippen molar-refractivity contribution in [1.29, 1.82) is 0 Å². The average molecular weight is 447 g/mol. The van der Waals surface area contributed by atoms with Crippen molar-refractivity contribution >= 4 is 17.5 Å². The first-order valence-corrected chi connectivity index (χ1v) is 11.0. The van der Waals surface area contributed by atoms with Gasteiger partial charge >= 0.3 is 0 Å². The molecular weight excluding hydrogens is 422 g/mol. The Labute approximate surface area is 191 Å². The summed E-state index contributed by atoms with van der Waals surface area (Å²) in [6.07, 6.45) is 8.21.